The predicted molar refractivity (Wildman–Crippen MR) is 39.8 cm³/mol. The number of carbonyl (C=O) groups excluding carboxylic acids is 1. The molecule has 3 nitrogen and oxygen atoms in total. The summed E-state index contributed by atoms with van der Waals surface area (Å²) in [4.78, 5) is 20.4. The Morgan fingerprint density at radius 1 is 1.30 bits per heavy atom. The average Bonchev–Trinajstić information content (AvgIpc) is 1.88. The van der Waals surface area contributed by atoms with E-state index in [2.05, 4.69) is 0 Å². The Kier molecular flexibility index (Phi) is 5.32. The summed E-state index contributed by atoms with van der Waals surface area (Å²) in [6, 6.07) is 0. The first kappa shape index (κ1) is 9.70. The molecule has 1 unspecified atom stereocenters. The fourth-order valence-electron chi connectivity index (χ4n) is 0.537. The molecule has 0 aromatic rings. The Balaban J connectivity index is 3.31. The Bertz CT molecular complexity index is 133. The van der Waals surface area contributed by atoms with Crippen molar-refractivity contribution in [1.29, 1.82) is 0 Å². The molecule has 10 heavy (non-hydrogen) atoms. The molecule has 0 heterocycles. The molecule has 0 aromatic heterocycles. The van der Waals surface area contributed by atoms with Gasteiger partial charge < -0.3 is 0 Å². The summed E-state index contributed by atoms with van der Waals surface area (Å²) < 4.78 is 0. The van der Waals surface area contributed by atoms with Gasteiger partial charge in [-0.3, -0.25) is 0 Å². The van der Waals surface area contributed by atoms with Gasteiger partial charge in [-0.15, -0.1) is 0 Å². The van der Waals surface area contributed by atoms with Crippen LogP contribution in [0, 0.1) is 0 Å². The summed E-state index contributed by atoms with van der Waals surface area (Å²) in [7, 11) is 0. The monoisotopic (exact) mass is 206 g/mol. The fourth-order valence-corrected chi connectivity index (χ4v) is 1.14. The molecule has 0 bridgehead atoms. The first-order chi connectivity index (χ1) is 4.68. The van der Waals surface area contributed by atoms with Crippen LogP contribution in [0.5, 0.6) is 0 Å². The van der Waals surface area contributed by atoms with Gasteiger partial charge in [0.25, 0.3) is 0 Å². The Morgan fingerprint density at radius 2 is 1.90 bits per heavy atom. The Labute approximate surface area is 68.3 Å². The van der Waals surface area contributed by atoms with Crippen LogP contribution in [0.15, 0.2) is 0 Å². The molecule has 0 aliphatic heterocycles. The molecule has 0 aromatic carbocycles. The Morgan fingerprint density at radius 3 is 2.30 bits per heavy atom. The van der Waals surface area contributed by atoms with E-state index in [4.69, 9.17) is 5.11 Å². The zero-order chi connectivity index (χ0) is 7.98. The maximum atomic E-state index is 10.4. The van der Waals surface area contributed by atoms with Gasteiger partial charge >= 0.3 is 67.8 Å². The zero-order valence-corrected chi connectivity index (χ0v) is 8.09. The number of rotatable bonds is 5. The van der Waals surface area contributed by atoms with E-state index in [1.165, 1.54) is 0 Å². The van der Waals surface area contributed by atoms with Crippen molar-refractivity contribution in [3.8, 4) is 0 Å². The summed E-state index contributed by atoms with van der Waals surface area (Å²) in [5.74, 6) is -1.97. The number of Topliss-reactive ketones (excluding diaryl/α,β-unsaturated/α-hetero) is 1. The molecule has 0 saturated carbocycles. The molecule has 58 valence electrons. The minimum atomic E-state index is -1.30. The first-order valence-electron chi connectivity index (χ1n) is 3.14. The summed E-state index contributed by atoms with van der Waals surface area (Å²) in [6.45, 7) is 0. The number of hydrogen-bond donors (Lipinski definition) is 1. The molecule has 0 amide bonds. The number of hydrogen-bond acceptors (Lipinski definition) is 2. The number of carboxylic acid groups (broad SMARTS) is 1. The van der Waals surface area contributed by atoms with Gasteiger partial charge in [-0.05, 0) is 0 Å². The van der Waals surface area contributed by atoms with Crippen molar-refractivity contribution in [2.45, 2.75) is 24.5 Å². The van der Waals surface area contributed by atoms with E-state index < -0.39 is 11.8 Å². The van der Waals surface area contributed by atoms with Crippen molar-refractivity contribution in [1.82, 2.24) is 0 Å². The van der Waals surface area contributed by atoms with Gasteiger partial charge in [0, 0.05) is 0 Å². The second-order valence-corrected chi connectivity index (χ2v) is 3.19. The van der Waals surface area contributed by atoms with E-state index in [1.54, 1.807) is 16.9 Å². The molecule has 0 aliphatic carbocycles. The third-order valence-corrected chi connectivity index (χ3v) is 1.95. The van der Waals surface area contributed by atoms with Crippen molar-refractivity contribution in [3.63, 3.8) is 0 Å². The number of carboxylic acids is 1. The topological polar surface area (TPSA) is 54.4 Å². The van der Waals surface area contributed by atoms with Gasteiger partial charge in [0.2, 0.25) is 0 Å². The molecule has 4 heteroatoms. The van der Waals surface area contributed by atoms with Crippen molar-refractivity contribution >= 4 is 28.6 Å². The van der Waals surface area contributed by atoms with E-state index in [9.17, 15) is 9.59 Å². The minimum absolute atomic E-state index is 0.194. The van der Waals surface area contributed by atoms with E-state index in [-0.39, 0.29) is 6.42 Å². The number of ketones is 1. The molecular weight excluding hydrogens is 195 g/mol. The van der Waals surface area contributed by atoms with Crippen LogP contribution in [0.2, 0.25) is 5.21 Å². The quantitative estimate of drug-likeness (QED) is 0.387. The van der Waals surface area contributed by atoms with Crippen LogP contribution in [-0.2, 0) is 9.59 Å². The van der Waals surface area contributed by atoms with Crippen LogP contribution < -0.4 is 0 Å². The summed E-state index contributed by atoms with van der Waals surface area (Å²) in [5.41, 5.74) is 0. The molecule has 0 spiro atoms. The molecule has 0 saturated heterocycles. The van der Waals surface area contributed by atoms with Gasteiger partial charge in [-0.25, -0.2) is 0 Å². The van der Waals surface area contributed by atoms with Crippen molar-refractivity contribution in [3.05, 3.63) is 0 Å². The van der Waals surface area contributed by atoms with E-state index >= 15 is 0 Å². The second kappa shape index (κ2) is 5.48. The van der Waals surface area contributed by atoms with Crippen molar-refractivity contribution in [2.75, 3.05) is 0 Å². The van der Waals surface area contributed by atoms with Crippen molar-refractivity contribution in [2.24, 2.45) is 0 Å². The number of unbranched alkanes of at least 4 members (excludes halogenated alkanes) is 1. The van der Waals surface area contributed by atoms with Crippen molar-refractivity contribution < 1.29 is 14.7 Å². The molecule has 0 radical (unpaired) electrons. The predicted octanol–water partition coefficient (Wildman–Crippen LogP) is -0.138. The normalized spacial score (nSPS) is 9.30. The maximum absolute atomic E-state index is 10.4. The van der Waals surface area contributed by atoms with E-state index in [0.717, 1.165) is 11.6 Å². The van der Waals surface area contributed by atoms with Crippen LogP contribution in [-0.4, -0.2) is 33.7 Å². The van der Waals surface area contributed by atoms with Gasteiger partial charge in [0.15, 0.2) is 0 Å². The van der Waals surface area contributed by atoms with Gasteiger partial charge in [-0.1, -0.05) is 0 Å². The third-order valence-electron chi connectivity index (χ3n) is 1.10. The van der Waals surface area contributed by atoms with E-state index in [1.807, 2.05) is 0 Å². The Hall–Kier alpha value is -0.302. The molecule has 0 fully saturated rings. The van der Waals surface area contributed by atoms with Gasteiger partial charge in [0.1, 0.15) is 0 Å². The summed E-state index contributed by atoms with van der Waals surface area (Å²) in [6.07, 6.45) is 1.86. The van der Waals surface area contributed by atoms with Crippen LogP contribution >= 0.6 is 0 Å². The number of carbonyl (C=O) groups is 2. The standard InChI is InChI=1S/C6H11AsO3/c7-4-2-1-3-5(8)6(9)10/h1-4,7H2,(H,9,10). The molecular formula is C6H11AsO3. The SMILES string of the molecule is O=C(O)C(=O)CCCC[AsH2]. The summed E-state index contributed by atoms with van der Waals surface area (Å²) in [5, 5.41) is 9.21. The zero-order valence-electron chi connectivity index (χ0n) is 5.67. The molecule has 1 N–H and O–H groups in total. The fraction of sp³-hybridized carbons (Fsp3) is 0.667. The van der Waals surface area contributed by atoms with Crippen LogP contribution in [0.25, 0.3) is 0 Å². The molecule has 0 rings (SSSR count). The second-order valence-electron chi connectivity index (χ2n) is 1.97. The van der Waals surface area contributed by atoms with Crippen LogP contribution in [0.3, 0.4) is 0 Å². The molecule has 0 aliphatic rings. The van der Waals surface area contributed by atoms with Gasteiger partial charge in [-0.2, -0.15) is 0 Å². The van der Waals surface area contributed by atoms with E-state index in [0.29, 0.717) is 6.42 Å². The third kappa shape index (κ3) is 4.57. The molecule has 1 atom stereocenters. The van der Waals surface area contributed by atoms with Crippen LogP contribution in [0.1, 0.15) is 19.3 Å². The van der Waals surface area contributed by atoms with Gasteiger partial charge in [0.05, 0.1) is 0 Å². The first-order valence-corrected chi connectivity index (χ1v) is 4.86. The summed E-state index contributed by atoms with van der Waals surface area (Å²) >= 11 is 1.61. The average molecular weight is 206 g/mol. The van der Waals surface area contributed by atoms with Crippen LogP contribution in [0.4, 0.5) is 0 Å². The number of aliphatic carboxylic acids is 1.